The second-order valence-corrected chi connectivity index (χ2v) is 7.52. The largest absolute Gasteiger partial charge is 0.416 e. The topological polar surface area (TPSA) is 46.4 Å². The van der Waals surface area contributed by atoms with Gasteiger partial charge in [0.2, 0.25) is 5.91 Å². The number of rotatable bonds is 7. The van der Waals surface area contributed by atoms with Crippen LogP contribution in [0.5, 0.6) is 0 Å². The van der Waals surface area contributed by atoms with Gasteiger partial charge >= 0.3 is 6.18 Å². The molecular formula is C22H24F3N3O. The molecular weight excluding hydrogens is 379 g/mol. The highest BCUT2D eigenvalue weighted by molar-refractivity contribution is 5.77. The van der Waals surface area contributed by atoms with Gasteiger partial charge in [0, 0.05) is 31.3 Å². The minimum absolute atomic E-state index is 0.0437. The summed E-state index contributed by atoms with van der Waals surface area (Å²) in [4.78, 5) is 16.9. The maximum atomic E-state index is 13.2. The van der Waals surface area contributed by atoms with E-state index in [1.807, 2.05) is 22.6 Å². The quantitative estimate of drug-likeness (QED) is 0.601. The number of pyridine rings is 1. The highest BCUT2D eigenvalue weighted by Gasteiger charge is 2.32. The number of fused-ring (bicyclic) bond motifs is 1. The number of nitrogens with one attached hydrogen (secondary N) is 1. The Morgan fingerprint density at radius 3 is 2.69 bits per heavy atom. The van der Waals surface area contributed by atoms with Crippen molar-refractivity contribution in [2.45, 2.75) is 38.8 Å². The predicted octanol–water partition coefficient (Wildman–Crippen LogP) is 5.04. The zero-order chi connectivity index (χ0) is 21.0. The van der Waals surface area contributed by atoms with Crippen molar-refractivity contribution in [1.29, 1.82) is 0 Å². The van der Waals surface area contributed by atoms with Gasteiger partial charge < -0.3 is 9.72 Å². The van der Waals surface area contributed by atoms with Gasteiger partial charge in [0.25, 0.3) is 0 Å². The molecule has 0 bridgehead atoms. The zero-order valence-corrected chi connectivity index (χ0v) is 16.4. The first kappa shape index (κ1) is 20.9. The monoisotopic (exact) mass is 403 g/mol. The first-order valence-electron chi connectivity index (χ1n) is 9.61. The molecule has 1 aromatic carbocycles. The van der Waals surface area contributed by atoms with Crippen molar-refractivity contribution in [2.24, 2.45) is 5.92 Å². The Kier molecular flexibility index (Phi) is 6.25. The van der Waals surface area contributed by atoms with Crippen LogP contribution >= 0.6 is 0 Å². The van der Waals surface area contributed by atoms with Crippen LogP contribution in [0.4, 0.5) is 13.2 Å². The van der Waals surface area contributed by atoms with Crippen molar-refractivity contribution in [3.05, 3.63) is 71.7 Å². The fraction of sp³-hybridized carbons (Fsp3) is 0.364. The van der Waals surface area contributed by atoms with E-state index in [0.29, 0.717) is 29.4 Å². The molecule has 1 atom stereocenters. The molecule has 0 radical (unpaired) electrons. The summed E-state index contributed by atoms with van der Waals surface area (Å²) >= 11 is 0. The minimum atomic E-state index is -4.44. The van der Waals surface area contributed by atoms with Crippen molar-refractivity contribution in [2.75, 3.05) is 6.54 Å². The number of amides is 1. The number of imidazole rings is 1. The summed E-state index contributed by atoms with van der Waals surface area (Å²) < 4.78 is 41.5. The van der Waals surface area contributed by atoms with Crippen LogP contribution in [0.2, 0.25) is 0 Å². The molecule has 154 valence electrons. The van der Waals surface area contributed by atoms with Gasteiger partial charge in [0.15, 0.2) is 0 Å². The first-order valence-corrected chi connectivity index (χ1v) is 9.61. The van der Waals surface area contributed by atoms with Gasteiger partial charge in [-0.25, -0.2) is 4.98 Å². The Hall–Kier alpha value is -2.83. The second kappa shape index (κ2) is 8.68. The van der Waals surface area contributed by atoms with Gasteiger partial charge in [0.1, 0.15) is 5.65 Å². The van der Waals surface area contributed by atoms with E-state index in [0.717, 1.165) is 18.6 Å². The van der Waals surface area contributed by atoms with Crippen LogP contribution < -0.4 is 5.32 Å². The van der Waals surface area contributed by atoms with Gasteiger partial charge in [-0.2, -0.15) is 13.2 Å². The van der Waals surface area contributed by atoms with Crippen molar-refractivity contribution in [3.8, 4) is 0 Å². The minimum Gasteiger partial charge on any atom is -0.356 e. The third-order valence-electron chi connectivity index (χ3n) is 4.85. The van der Waals surface area contributed by atoms with Crippen LogP contribution in [0.3, 0.4) is 0 Å². The zero-order valence-electron chi connectivity index (χ0n) is 16.4. The van der Waals surface area contributed by atoms with Crippen molar-refractivity contribution in [1.82, 2.24) is 14.7 Å². The van der Waals surface area contributed by atoms with Crippen molar-refractivity contribution >= 4 is 11.6 Å². The molecule has 0 spiro atoms. The molecule has 1 amide bonds. The van der Waals surface area contributed by atoms with Gasteiger partial charge in [-0.15, -0.1) is 0 Å². The fourth-order valence-corrected chi connectivity index (χ4v) is 3.29. The maximum Gasteiger partial charge on any atom is 0.416 e. The number of halogens is 3. The number of benzene rings is 1. The SMILES string of the molecule is CC(C)CCNC(=O)CC(c1cccc(C(F)(F)F)c1)c1cnc2ccccn12. The molecule has 3 aromatic rings. The van der Waals surface area contributed by atoms with E-state index >= 15 is 0 Å². The predicted molar refractivity (Wildman–Crippen MR) is 106 cm³/mol. The summed E-state index contributed by atoms with van der Waals surface area (Å²) in [7, 11) is 0. The second-order valence-electron chi connectivity index (χ2n) is 7.52. The van der Waals surface area contributed by atoms with Gasteiger partial charge in [-0.1, -0.05) is 38.1 Å². The lowest BCUT2D eigenvalue weighted by atomic mass is 9.91. The molecule has 0 saturated carbocycles. The summed E-state index contributed by atoms with van der Waals surface area (Å²) in [5.74, 6) is -0.291. The van der Waals surface area contributed by atoms with Crippen LogP contribution in [-0.4, -0.2) is 21.8 Å². The lowest BCUT2D eigenvalue weighted by Crippen LogP contribution is -2.27. The summed E-state index contributed by atoms with van der Waals surface area (Å²) in [5.41, 5.74) is 1.07. The molecule has 7 heteroatoms. The Bertz CT molecular complexity index is 979. The number of carbonyl (C=O) groups is 1. The number of nitrogens with zero attached hydrogens (tertiary/aromatic N) is 2. The Labute approximate surface area is 167 Å². The van der Waals surface area contributed by atoms with Crippen LogP contribution in [0.1, 0.15) is 49.4 Å². The van der Waals surface area contributed by atoms with Crippen LogP contribution in [0.25, 0.3) is 5.65 Å². The number of hydrogen-bond donors (Lipinski definition) is 1. The molecule has 1 N–H and O–H groups in total. The number of hydrogen-bond acceptors (Lipinski definition) is 2. The normalized spacial score (nSPS) is 13.0. The third kappa shape index (κ3) is 5.16. The number of alkyl halides is 3. The van der Waals surface area contributed by atoms with E-state index in [9.17, 15) is 18.0 Å². The van der Waals surface area contributed by atoms with E-state index in [1.165, 1.54) is 6.07 Å². The first-order chi connectivity index (χ1) is 13.8. The summed E-state index contributed by atoms with van der Waals surface area (Å²) in [6.07, 6.45) is -0.131. The average molecular weight is 403 g/mol. The van der Waals surface area contributed by atoms with Crippen LogP contribution in [-0.2, 0) is 11.0 Å². The number of carbonyl (C=O) groups excluding carboxylic acids is 1. The molecule has 2 aromatic heterocycles. The fourth-order valence-electron chi connectivity index (χ4n) is 3.29. The van der Waals surface area contributed by atoms with Crippen LogP contribution in [0.15, 0.2) is 54.9 Å². The lowest BCUT2D eigenvalue weighted by Gasteiger charge is -2.19. The Morgan fingerprint density at radius 1 is 1.17 bits per heavy atom. The summed E-state index contributed by atoms with van der Waals surface area (Å²) in [6.45, 7) is 4.67. The Morgan fingerprint density at radius 2 is 1.97 bits per heavy atom. The molecule has 0 aliphatic carbocycles. The maximum absolute atomic E-state index is 13.2. The highest BCUT2D eigenvalue weighted by Crippen LogP contribution is 2.34. The van der Waals surface area contributed by atoms with Gasteiger partial charge in [-0.3, -0.25) is 4.79 Å². The van der Waals surface area contributed by atoms with Crippen molar-refractivity contribution < 1.29 is 18.0 Å². The molecule has 29 heavy (non-hydrogen) atoms. The van der Waals surface area contributed by atoms with E-state index in [2.05, 4.69) is 24.1 Å². The van der Waals surface area contributed by atoms with Gasteiger partial charge in [-0.05, 0) is 36.1 Å². The van der Waals surface area contributed by atoms with E-state index in [4.69, 9.17) is 0 Å². The smallest absolute Gasteiger partial charge is 0.356 e. The number of aromatic nitrogens is 2. The third-order valence-corrected chi connectivity index (χ3v) is 4.85. The molecule has 0 saturated heterocycles. The van der Waals surface area contributed by atoms with Crippen molar-refractivity contribution in [3.63, 3.8) is 0 Å². The summed E-state index contributed by atoms with van der Waals surface area (Å²) in [5, 5.41) is 2.88. The average Bonchev–Trinajstić information content (AvgIpc) is 3.09. The van der Waals surface area contributed by atoms with E-state index in [1.54, 1.807) is 18.5 Å². The van der Waals surface area contributed by atoms with E-state index in [-0.39, 0.29) is 12.3 Å². The molecule has 2 heterocycles. The van der Waals surface area contributed by atoms with Gasteiger partial charge in [0.05, 0.1) is 11.3 Å². The van der Waals surface area contributed by atoms with E-state index < -0.39 is 17.7 Å². The Balaban J connectivity index is 1.95. The molecule has 0 aliphatic heterocycles. The summed E-state index contributed by atoms with van der Waals surface area (Å²) in [6, 6.07) is 10.6. The lowest BCUT2D eigenvalue weighted by molar-refractivity contribution is -0.137. The van der Waals surface area contributed by atoms with Crippen LogP contribution in [0, 0.1) is 5.92 Å². The molecule has 3 rings (SSSR count). The molecule has 4 nitrogen and oxygen atoms in total. The highest BCUT2D eigenvalue weighted by atomic mass is 19.4. The molecule has 0 aliphatic rings. The molecule has 1 unspecified atom stereocenters. The molecule has 0 fully saturated rings. The standard InChI is InChI=1S/C22H24F3N3O/c1-15(2)9-10-26-21(29)13-18(16-6-5-7-17(12-16)22(23,24)25)19-14-27-20-8-3-4-11-28(19)20/h3-8,11-12,14-15,18H,9-10,13H2,1-2H3,(H,26,29).